The first kappa shape index (κ1) is 20.2. The highest BCUT2D eigenvalue weighted by atomic mass is 19.1. The Hall–Kier alpha value is -3.68. The molecule has 2 aliphatic rings. The quantitative estimate of drug-likeness (QED) is 0.685. The first-order valence-corrected chi connectivity index (χ1v) is 10.7. The highest BCUT2D eigenvalue weighted by molar-refractivity contribution is 5.97. The number of aromatic nitrogens is 2. The molecule has 5 rings (SSSR count). The average molecular weight is 434 g/mol. The van der Waals surface area contributed by atoms with Gasteiger partial charge in [-0.25, -0.2) is 4.39 Å². The van der Waals surface area contributed by atoms with Crippen LogP contribution in [0.25, 0.3) is 5.69 Å². The maximum Gasteiger partial charge on any atom is 0.270 e. The molecule has 3 heterocycles. The summed E-state index contributed by atoms with van der Waals surface area (Å²) in [6.45, 7) is 0.700. The molecule has 0 spiro atoms. The van der Waals surface area contributed by atoms with Gasteiger partial charge in [-0.1, -0.05) is 0 Å². The number of benzene rings is 1. The van der Waals surface area contributed by atoms with Crippen LogP contribution in [0.5, 0.6) is 0 Å². The molecule has 164 valence electrons. The van der Waals surface area contributed by atoms with Crippen LogP contribution in [0, 0.1) is 5.82 Å². The van der Waals surface area contributed by atoms with E-state index in [-0.39, 0.29) is 30.0 Å². The van der Waals surface area contributed by atoms with Gasteiger partial charge in [0.05, 0.1) is 0 Å². The molecule has 2 aromatic heterocycles. The minimum atomic E-state index is -0.435. The van der Waals surface area contributed by atoms with Crippen molar-refractivity contribution in [3.63, 3.8) is 0 Å². The molecule has 1 saturated carbocycles. The minimum Gasteiger partial charge on any atom is -0.349 e. The Kier molecular flexibility index (Phi) is 4.92. The lowest BCUT2D eigenvalue weighted by Crippen LogP contribution is -2.41. The Morgan fingerprint density at radius 2 is 1.88 bits per heavy atom. The first-order chi connectivity index (χ1) is 15.4. The number of aryl methyl sites for hydroxylation is 1. The van der Waals surface area contributed by atoms with Crippen LogP contribution in [0.3, 0.4) is 0 Å². The number of hydrogen-bond acceptors (Lipinski definition) is 3. The third-order valence-electron chi connectivity index (χ3n) is 6.09. The third-order valence-corrected chi connectivity index (χ3v) is 6.09. The van der Waals surface area contributed by atoms with E-state index in [2.05, 4.69) is 5.32 Å². The fourth-order valence-corrected chi connectivity index (χ4v) is 4.19. The van der Waals surface area contributed by atoms with Gasteiger partial charge in [0, 0.05) is 44.3 Å². The Morgan fingerprint density at radius 1 is 1.12 bits per heavy atom. The molecule has 0 radical (unpaired) electrons. The Labute approximate surface area is 184 Å². The molecule has 0 bridgehead atoms. The van der Waals surface area contributed by atoms with Gasteiger partial charge < -0.3 is 14.8 Å². The summed E-state index contributed by atoms with van der Waals surface area (Å²) in [6.07, 6.45) is 5.72. The molecular formula is C24H23FN4O3. The van der Waals surface area contributed by atoms with E-state index in [1.54, 1.807) is 21.7 Å². The number of carbonyl (C=O) groups is 2. The number of pyridine rings is 1. The minimum absolute atomic E-state index is 0.105. The lowest BCUT2D eigenvalue weighted by Gasteiger charge is -2.30. The molecule has 1 aliphatic carbocycles. The number of fused-ring (bicyclic) bond motifs is 1. The van der Waals surface area contributed by atoms with Crippen LogP contribution in [0.2, 0.25) is 0 Å². The number of nitrogens with zero attached hydrogens (tertiary/aromatic N) is 3. The summed E-state index contributed by atoms with van der Waals surface area (Å²) in [6, 6.07) is 9.25. The van der Waals surface area contributed by atoms with Crippen molar-refractivity contribution in [1.82, 2.24) is 19.4 Å². The summed E-state index contributed by atoms with van der Waals surface area (Å²) in [7, 11) is 1.82. The van der Waals surface area contributed by atoms with Crippen molar-refractivity contribution in [2.24, 2.45) is 7.05 Å². The van der Waals surface area contributed by atoms with E-state index in [0.29, 0.717) is 29.9 Å². The maximum absolute atomic E-state index is 13.4. The van der Waals surface area contributed by atoms with Crippen LogP contribution in [0.1, 0.15) is 44.8 Å². The number of rotatable bonds is 4. The van der Waals surface area contributed by atoms with Crippen molar-refractivity contribution in [2.45, 2.75) is 31.8 Å². The molecule has 0 saturated heterocycles. The van der Waals surface area contributed by atoms with Crippen LogP contribution in [0.15, 0.2) is 53.6 Å². The number of carbonyl (C=O) groups excluding carboxylic acids is 2. The van der Waals surface area contributed by atoms with Crippen molar-refractivity contribution in [2.75, 3.05) is 6.54 Å². The summed E-state index contributed by atoms with van der Waals surface area (Å²) < 4.78 is 16.6. The first-order valence-electron chi connectivity index (χ1n) is 10.7. The van der Waals surface area contributed by atoms with Crippen molar-refractivity contribution in [3.05, 3.63) is 87.3 Å². The van der Waals surface area contributed by atoms with E-state index in [1.165, 1.54) is 28.8 Å². The number of nitrogens with one attached hydrogen (secondary N) is 1. The third kappa shape index (κ3) is 3.62. The Morgan fingerprint density at radius 3 is 2.53 bits per heavy atom. The maximum atomic E-state index is 13.4. The van der Waals surface area contributed by atoms with Crippen molar-refractivity contribution in [3.8, 4) is 5.69 Å². The summed E-state index contributed by atoms with van der Waals surface area (Å²) in [4.78, 5) is 41.1. The van der Waals surface area contributed by atoms with E-state index in [0.717, 1.165) is 18.4 Å². The summed E-state index contributed by atoms with van der Waals surface area (Å²) in [5, 5.41) is 2.92. The molecule has 1 aliphatic heterocycles. The lowest BCUT2D eigenvalue weighted by molar-refractivity contribution is 0.0724. The molecule has 7 nitrogen and oxygen atoms in total. The van der Waals surface area contributed by atoms with E-state index < -0.39 is 11.4 Å². The molecule has 0 unspecified atom stereocenters. The number of halogens is 1. The summed E-state index contributed by atoms with van der Waals surface area (Å²) in [5.41, 5.74) is 2.14. The summed E-state index contributed by atoms with van der Waals surface area (Å²) >= 11 is 0. The zero-order chi connectivity index (χ0) is 22.4. The normalized spacial score (nSPS) is 15.4. The second-order valence-electron chi connectivity index (χ2n) is 8.39. The zero-order valence-electron chi connectivity index (χ0n) is 17.7. The lowest BCUT2D eigenvalue weighted by atomic mass is 9.95. The molecule has 8 heteroatoms. The van der Waals surface area contributed by atoms with Crippen molar-refractivity contribution in [1.29, 1.82) is 0 Å². The zero-order valence-corrected chi connectivity index (χ0v) is 17.7. The van der Waals surface area contributed by atoms with E-state index >= 15 is 0 Å². The molecule has 32 heavy (non-hydrogen) atoms. The van der Waals surface area contributed by atoms with Gasteiger partial charge in [0.15, 0.2) is 0 Å². The largest absolute Gasteiger partial charge is 0.349 e. The van der Waals surface area contributed by atoms with E-state index in [1.807, 2.05) is 19.3 Å². The topological polar surface area (TPSA) is 76.3 Å². The molecule has 3 aromatic rings. The van der Waals surface area contributed by atoms with Crippen LogP contribution >= 0.6 is 0 Å². The smallest absolute Gasteiger partial charge is 0.270 e. The van der Waals surface area contributed by atoms with E-state index in [4.69, 9.17) is 0 Å². The fraction of sp³-hybridized carbons (Fsp3) is 0.292. The van der Waals surface area contributed by atoms with Crippen LogP contribution in [0.4, 0.5) is 4.39 Å². The van der Waals surface area contributed by atoms with Crippen LogP contribution < -0.4 is 10.9 Å². The van der Waals surface area contributed by atoms with Crippen LogP contribution in [-0.2, 0) is 20.0 Å². The second kappa shape index (κ2) is 7.78. The Bertz CT molecular complexity index is 1270. The van der Waals surface area contributed by atoms with Gasteiger partial charge in [-0.2, -0.15) is 0 Å². The molecule has 1 fully saturated rings. The van der Waals surface area contributed by atoms with Gasteiger partial charge in [0.1, 0.15) is 17.1 Å². The molecule has 1 N–H and O–H groups in total. The SMILES string of the molecule is Cn1cccc1C(=O)N1CCc2c(cn(-c3ccc(F)cc3)c(=O)c2C(=O)NC2CC2)C1. The van der Waals surface area contributed by atoms with Gasteiger partial charge in [-0.05, 0) is 66.8 Å². The van der Waals surface area contributed by atoms with Gasteiger partial charge in [-0.3, -0.25) is 19.0 Å². The fourth-order valence-electron chi connectivity index (χ4n) is 4.19. The van der Waals surface area contributed by atoms with Crippen molar-refractivity contribution >= 4 is 11.8 Å². The average Bonchev–Trinajstić information content (AvgIpc) is 3.49. The van der Waals surface area contributed by atoms with E-state index in [9.17, 15) is 18.8 Å². The predicted molar refractivity (Wildman–Crippen MR) is 116 cm³/mol. The molecule has 2 amide bonds. The van der Waals surface area contributed by atoms with Gasteiger partial charge in [-0.15, -0.1) is 0 Å². The standard InChI is InChI=1S/C24H23FN4O3/c1-27-11-2-3-20(27)23(31)28-12-10-19-15(13-28)14-29(18-8-4-16(25)5-9-18)24(32)21(19)22(30)26-17-6-7-17/h2-5,8-9,11,14,17H,6-7,10,12-13H2,1H3,(H,26,30). The molecule has 1 aromatic carbocycles. The Balaban J connectivity index is 1.58. The highest BCUT2D eigenvalue weighted by Gasteiger charge is 2.31. The number of hydrogen-bond donors (Lipinski definition) is 1. The molecular weight excluding hydrogens is 411 g/mol. The highest BCUT2D eigenvalue weighted by Crippen LogP contribution is 2.25. The van der Waals surface area contributed by atoms with Crippen molar-refractivity contribution < 1.29 is 14.0 Å². The predicted octanol–water partition coefficient (Wildman–Crippen LogP) is 2.41. The summed E-state index contributed by atoms with van der Waals surface area (Å²) in [5.74, 6) is -0.898. The monoisotopic (exact) mass is 434 g/mol. The van der Waals surface area contributed by atoms with Gasteiger partial charge in [0.2, 0.25) is 0 Å². The number of amides is 2. The second-order valence-corrected chi connectivity index (χ2v) is 8.39. The van der Waals surface area contributed by atoms with Crippen LogP contribution in [-0.4, -0.2) is 38.4 Å². The van der Waals surface area contributed by atoms with Gasteiger partial charge in [0.25, 0.3) is 17.4 Å². The molecule has 0 atom stereocenters. The van der Waals surface area contributed by atoms with Gasteiger partial charge >= 0.3 is 0 Å².